The minimum atomic E-state index is -0.716. The number of β-amino-alcohol motifs (C(OH)–C–C–N with tert-alkyl or cyclic N) is 1. The predicted molar refractivity (Wildman–Crippen MR) is 80.5 cm³/mol. The first-order valence-corrected chi connectivity index (χ1v) is 7.03. The molecular weight excluding hydrogens is 270 g/mol. The molecule has 0 aliphatic carbocycles. The van der Waals surface area contributed by atoms with Crippen LogP contribution in [0.2, 0.25) is 0 Å². The van der Waals surface area contributed by atoms with Crippen molar-refractivity contribution in [3.63, 3.8) is 0 Å². The Morgan fingerprint density at radius 2 is 2.19 bits per heavy atom. The fourth-order valence-electron chi connectivity index (χ4n) is 3.03. The lowest BCUT2D eigenvalue weighted by Gasteiger charge is -2.47. The maximum absolute atomic E-state index is 11.5. The number of hydrogen-bond donors (Lipinski definition) is 1. The number of nitrogens with zero attached hydrogens (tertiary/aromatic N) is 3. The minimum absolute atomic E-state index is 0.0687. The van der Waals surface area contributed by atoms with Gasteiger partial charge in [0.05, 0.1) is 21.4 Å². The number of nitro benzene ring substituents is 1. The second-order valence-corrected chi connectivity index (χ2v) is 5.59. The summed E-state index contributed by atoms with van der Waals surface area (Å²) in [6, 6.07) is 6.92. The molecule has 0 atom stereocenters. The molecule has 6 heteroatoms. The van der Waals surface area contributed by atoms with Crippen molar-refractivity contribution in [2.24, 2.45) is 0 Å². The smallest absolute Gasteiger partial charge is 0.301 e. The van der Waals surface area contributed by atoms with Gasteiger partial charge in [0.15, 0.2) is 0 Å². The summed E-state index contributed by atoms with van der Waals surface area (Å²) >= 11 is 0. The highest BCUT2D eigenvalue weighted by Crippen LogP contribution is 2.40. The summed E-state index contributed by atoms with van der Waals surface area (Å²) in [6.45, 7) is 2.89. The number of hydrogen-bond acceptors (Lipinski definition) is 5. The van der Waals surface area contributed by atoms with Crippen LogP contribution in [0.1, 0.15) is 19.8 Å². The molecule has 0 amide bonds. The summed E-state index contributed by atoms with van der Waals surface area (Å²) in [7, 11) is 0. The second kappa shape index (κ2) is 4.96. The van der Waals surface area contributed by atoms with Crippen molar-refractivity contribution in [3.05, 3.63) is 40.6 Å². The first-order valence-electron chi connectivity index (χ1n) is 7.03. The van der Waals surface area contributed by atoms with E-state index in [1.807, 2.05) is 11.8 Å². The van der Waals surface area contributed by atoms with E-state index in [4.69, 9.17) is 0 Å². The highest BCUT2D eigenvalue weighted by molar-refractivity contribution is 5.94. The van der Waals surface area contributed by atoms with Gasteiger partial charge in [0, 0.05) is 19.3 Å². The van der Waals surface area contributed by atoms with Crippen LogP contribution >= 0.6 is 0 Å². The van der Waals surface area contributed by atoms with Gasteiger partial charge in [-0.2, -0.15) is 0 Å². The second-order valence-electron chi connectivity index (χ2n) is 5.59. The Morgan fingerprint density at radius 1 is 1.43 bits per heavy atom. The van der Waals surface area contributed by atoms with Gasteiger partial charge in [-0.15, -0.1) is 0 Å². The van der Waals surface area contributed by atoms with E-state index in [0.717, 1.165) is 6.42 Å². The van der Waals surface area contributed by atoms with Gasteiger partial charge in [-0.25, -0.2) is 0 Å². The van der Waals surface area contributed by atoms with E-state index in [-0.39, 0.29) is 10.6 Å². The standard InChI is InChI=1S/C15H17N3O3/c1-2-7-15(19)9-17(10-15)13-6-5-12-11(4-3-8-16-12)14(13)18(20)21/h3-6,8,19H,2,7,9-10H2,1H3. The molecule has 1 aliphatic heterocycles. The molecule has 2 heterocycles. The Morgan fingerprint density at radius 3 is 2.86 bits per heavy atom. The van der Waals surface area contributed by atoms with Crippen molar-refractivity contribution in [2.75, 3.05) is 18.0 Å². The SMILES string of the molecule is CCCC1(O)CN(c2ccc3ncccc3c2[N+](=O)[O-])C1. The van der Waals surface area contributed by atoms with Crippen molar-refractivity contribution >= 4 is 22.3 Å². The van der Waals surface area contributed by atoms with Gasteiger partial charge < -0.3 is 10.0 Å². The van der Waals surface area contributed by atoms with Crippen molar-refractivity contribution < 1.29 is 10.0 Å². The van der Waals surface area contributed by atoms with Crippen LogP contribution in [0.15, 0.2) is 30.5 Å². The summed E-state index contributed by atoms with van der Waals surface area (Å²) in [5.41, 5.74) is 0.518. The van der Waals surface area contributed by atoms with E-state index in [2.05, 4.69) is 4.98 Å². The molecule has 6 nitrogen and oxygen atoms in total. The maximum Gasteiger partial charge on any atom is 0.301 e. The maximum atomic E-state index is 11.5. The molecule has 1 aromatic heterocycles. The van der Waals surface area contributed by atoms with Gasteiger partial charge in [0.25, 0.3) is 0 Å². The van der Waals surface area contributed by atoms with Gasteiger partial charge >= 0.3 is 5.69 Å². The number of anilines is 1. The number of aliphatic hydroxyl groups is 1. The van der Waals surface area contributed by atoms with Crippen molar-refractivity contribution in [1.82, 2.24) is 4.98 Å². The third-order valence-electron chi connectivity index (χ3n) is 3.94. The molecule has 21 heavy (non-hydrogen) atoms. The molecule has 0 unspecified atom stereocenters. The summed E-state index contributed by atoms with van der Waals surface area (Å²) in [4.78, 5) is 17.1. The highest BCUT2D eigenvalue weighted by atomic mass is 16.6. The van der Waals surface area contributed by atoms with Crippen LogP contribution in [-0.2, 0) is 0 Å². The fourth-order valence-corrected chi connectivity index (χ4v) is 3.03. The average molecular weight is 287 g/mol. The van der Waals surface area contributed by atoms with Crippen molar-refractivity contribution in [1.29, 1.82) is 0 Å². The zero-order chi connectivity index (χ0) is 15.0. The van der Waals surface area contributed by atoms with Gasteiger partial charge in [0.1, 0.15) is 5.69 Å². The van der Waals surface area contributed by atoms with Crippen LogP contribution in [0.4, 0.5) is 11.4 Å². The lowest BCUT2D eigenvalue weighted by Crippen LogP contribution is -2.62. The first kappa shape index (κ1) is 13.8. The van der Waals surface area contributed by atoms with Gasteiger partial charge in [-0.1, -0.05) is 13.3 Å². The van der Waals surface area contributed by atoms with Crippen LogP contribution in [0.25, 0.3) is 10.9 Å². The number of benzene rings is 1. The normalized spacial score (nSPS) is 16.8. The van der Waals surface area contributed by atoms with E-state index in [1.165, 1.54) is 0 Å². The summed E-state index contributed by atoms with van der Waals surface area (Å²) in [5.74, 6) is 0. The third kappa shape index (κ3) is 2.31. The summed E-state index contributed by atoms with van der Waals surface area (Å²) < 4.78 is 0. The first-order chi connectivity index (χ1) is 10.0. The molecule has 0 spiro atoms. The average Bonchev–Trinajstić information content (AvgIpc) is 2.43. The monoisotopic (exact) mass is 287 g/mol. The summed E-state index contributed by atoms with van der Waals surface area (Å²) in [5, 5.41) is 22.2. The zero-order valence-corrected chi connectivity index (χ0v) is 11.8. The Kier molecular flexibility index (Phi) is 3.25. The fraction of sp³-hybridized carbons (Fsp3) is 0.400. The van der Waals surface area contributed by atoms with E-state index < -0.39 is 5.60 Å². The third-order valence-corrected chi connectivity index (χ3v) is 3.94. The molecule has 0 saturated carbocycles. The molecule has 0 bridgehead atoms. The minimum Gasteiger partial charge on any atom is -0.386 e. The Bertz CT molecular complexity index is 696. The number of pyridine rings is 1. The van der Waals surface area contributed by atoms with Crippen molar-refractivity contribution in [3.8, 4) is 0 Å². The molecule has 1 aromatic carbocycles. The van der Waals surface area contributed by atoms with E-state index in [1.54, 1.807) is 30.5 Å². The van der Waals surface area contributed by atoms with Crippen LogP contribution < -0.4 is 4.90 Å². The van der Waals surface area contributed by atoms with Gasteiger partial charge in [-0.3, -0.25) is 15.1 Å². The molecule has 1 saturated heterocycles. The van der Waals surface area contributed by atoms with Crippen LogP contribution in [0, 0.1) is 10.1 Å². The Hall–Kier alpha value is -2.21. The topological polar surface area (TPSA) is 79.5 Å². The van der Waals surface area contributed by atoms with Crippen molar-refractivity contribution in [2.45, 2.75) is 25.4 Å². The van der Waals surface area contributed by atoms with Gasteiger partial charge in [0.2, 0.25) is 0 Å². The zero-order valence-electron chi connectivity index (χ0n) is 11.8. The molecule has 2 aromatic rings. The lowest BCUT2D eigenvalue weighted by molar-refractivity contribution is -0.382. The number of rotatable bonds is 4. The Balaban J connectivity index is 2.00. The van der Waals surface area contributed by atoms with E-state index >= 15 is 0 Å². The van der Waals surface area contributed by atoms with Crippen LogP contribution in [0.5, 0.6) is 0 Å². The number of fused-ring (bicyclic) bond motifs is 1. The van der Waals surface area contributed by atoms with E-state index in [9.17, 15) is 15.2 Å². The predicted octanol–water partition coefficient (Wildman–Crippen LogP) is 2.49. The molecule has 0 radical (unpaired) electrons. The molecule has 3 rings (SSSR count). The molecule has 110 valence electrons. The number of nitro groups is 1. The highest BCUT2D eigenvalue weighted by Gasteiger charge is 2.42. The van der Waals surface area contributed by atoms with Crippen LogP contribution in [0.3, 0.4) is 0 Å². The van der Waals surface area contributed by atoms with E-state index in [0.29, 0.717) is 36.1 Å². The molecule has 1 fully saturated rings. The van der Waals surface area contributed by atoms with Gasteiger partial charge in [-0.05, 0) is 30.7 Å². The van der Waals surface area contributed by atoms with Crippen LogP contribution in [-0.4, -0.2) is 33.7 Å². The Labute approximate surface area is 122 Å². The summed E-state index contributed by atoms with van der Waals surface area (Å²) in [6.07, 6.45) is 3.23. The quantitative estimate of drug-likeness (QED) is 0.690. The number of aromatic nitrogens is 1. The largest absolute Gasteiger partial charge is 0.386 e. The molecule has 1 aliphatic rings. The molecular formula is C15H17N3O3. The lowest BCUT2D eigenvalue weighted by atomic mass is 9.88. The molecule has 1 N–H and O–H groups in total.